The smallest absolute Gasteiger partial charge is 0.349 e. The van der Waals surface area contributed by atoms with Crippen LogP contribution in [0.2, 0.25) is 0 Å². The number of hydrogen-bond donors (Lipinski definition) is 0. The summed E-state index contributed by atoms with van der Waals surface area (Å²) in [7, 11) is 3.41. The van der Waals surface area contributed by atoms with E-state index in [4.69, 9.17) is 0 Å². The molecule has 0 N–H and O–H groups in total. The van der Waals surface area contributed by atoms with Crippen LogP contribution in [0.5, 0.6) is 0 Å². The third kappa shape index (κ3) is 2.35. The van der Waals surface area contributed by atoms with E-state index in [0.29, 0.717) is 4.88 Å². The molecule has 0 unspecified atom stereocenters. The van der Waals surface area contributed by atoms with Crippen LogP contribution in [-0.4, -0.2) is 31.7 Å². The molecule has 1 aliphatic rings. The van der Waals surface area contributed by atoms with Crippen molar-refractivity contribution in [1.82, 2.24) is 4.98 Å². The molecule has 1 aromatic heterocycles. The summed E-state index contributed by atoms with van der Waals surface area (Å²) in [5, 5.41) is 0.896. The fourth-order valence-corrected chi connectivity index (χ4v) is 2.58. The molecule has 0 radical (unpaired) electrons. The number of nitrogens with zero attached hydrogens (tertiary/aromatic N) is 2. The van der Waals surface area contributed by atoms with Crippen LogP contribution in [0.15, 0.2) is 6.20 Å². The van der Waals surface area contributed by atoms with Crippen molar-refractivity contribution in [1.29, 1.82) is 0 Å². The predicted molar refractivity (Wildman–Crippen MR) is 64.1 cm³/mol. The van der Waals surface area contributed by atoms with E-state index in [1.165, 1.54) is 37.7 Å². The van der Waals surface area contributed by atoms with Crippen LogP contribution < -0.4 is 4.90 Å². The van der Waals surface area contributed by atoms with Gasteiger partial charge in [0.25, 0.3) is 0 Å². The van der Waals surface area contributed by atoms with Crippen LogP contribution in [0.4, 0.5) is 5.13 Å². The van der Waals surface area contributed by atoms with Crippen LogP contribution in [0.25, 0.3) is 0 Å². The molecule has 0 bridgehead atoms. The number of hydrogen-bond acceptors (Lipinski definition) is 5. The first-order valence-corrected chi connectivity index (χ1v) is 6.27. The number of rotatable bonds is 4. The van der Waals surface area contributed by atoms with E-state index in [9.17, 15) is 4.79 Å². The maximum absolute atomic E-state index is 11.3. The first-order chi connectivity index (χ1) is 7.70. The zero-order valence-corrected chi connectivity index (χ0v) is 10.4. The Balaban J connectivity index is 1.97. The summed E-state index contributed by atoms with van der Waals surface area (Å²) < 4.78 is 4.66. The van der Waals surface area contributed by atoms with Gasteiger partial charge in [0.2, 0.25) is 0 Å². The number of carbonyl (C=O) groups excluding carboxylic acids is 1. The van der Waals surface area contributed by atoms with E-state index in [0.717, 1.165) is 17.6 Å². The third-order valence-corrected chi connectivity index (χ3v) is 4.06. The van der Waals surface area contributed by atoms with Crippen LogP contribution in [0.3, 0.4) is 0 Å². The maximum Gasteiger partial charge on any atom is 0.349 e. The molecular weight excluding hydrogens is 224 g/mol. The van der Waals surface area contributed by atoms with Crippen molar-refractivity contribution in [3.63, 3.8) is 0 Å². The van der Waals surface area contributed by atoms with Gasteiger partial charge in [-0.05, 0) is 18.8 Å². The molecule has 2 rings (SSSR count). The molecule has 5 heteroatoms. The predicted octanol–water partition coefficient (Wildman–Crippen LogP) is 2.17. The molecule has 0 spiro atoms. The highest BCUT2D eigenvalue weighted by Gasteiger charge is 2.21. The Morgan fingerprint density at radius 3 is 3.00 bits per heavy atom. The highest BCUT2D eigenvalue weighted by molar-refractivity contribution is 7.17. The van der Waals surface area contributed by atoms with Crippen molar-refractivity contribution >= 4 is 22.4 Å². The highest BCUT2D eigenvalue weighted by Crippen LogP contribution is 2.29. The number of aromatic nitrogens is 1. The third-order valence-electron chi connectivity index (χ3n) is 2.96. The lowest BCUT2D eigenvalue weighted by Crippen LogP contribution is -2.29. The first-order valence-electron chi connectivity index (χ1n) is 5.46. The van der Waals surface area contributed by atoms with E-state index >= 15 is 0 Å². The van der Waals surface area contributed by atoms with Crippen molar-refractivity contribution < 1.29 is 9.53 Å². The van der Waals surface area contributed by atoms with Gasteiger partial charge in [-0.1, -0.05) is 17.8 Å². The zero-order valence-electron chi connectivity index (χ0n) is 9.60. The molecule has 1 aliphatic carbocycles. The molecule has 0 aromatic carbocycles. The Morgan fingerprint density at radius 2 is 2.44 bits per heavy atom. The molecule has 0 atom stereocenters. The molecule has 4 nitrogen and oxygen atoms in total. The first kappa shape index (κ1) is 11.4. The number of esters is 1. The topological polar surface area (TPSA) is 42.4 Å². The van der Waals surface area contributed by atoms with Gasteiger partial charge in [-0.3, -0.25) is 0 Å². The summed E-state index contributed by atoms with van der Waals surface area (Å²) in [6, 6.07) is 0. The van der Waals surface area contributed by atoms with Gasteiger partial charge in [0, 0.05) is 13.6 Å². The second kappa shape index (κ2) is 4.82. The van der Waals surface area contributed by atoms with Crippen LogP contribution >= 0.6 is 11.3 Å². The SMILES string of the molecule is COC(=O)c1cnc(N(C)CC2CCC2)s1. The average Bonchev–Trinajstić information content (AvgIpc) is 2.71. The molecule has 0 aliphatic heterocycles. The molecule has 88 valence electrons. The van der Waals surface area contributed by atoms with Crippen molar-refractivity contribution in [2.45, 2.75) is 19.3 Å². The number of thiazole rings is 1. The Labute approximate surface area is 99.2 Å². The second-order valence-electron chi connectivity index (χ2n) is 4.18. The molecule has 0 saturated heterocycles. The quantitative estimate of drug-likeness (QED) is 0.756. The summed E-state index contributed by atoms with van der Waals surface area (Å²) in [4.78, 5) is 18.2. The summed E-state index contributed by atoms with van der Waals surface area (Å²) >= 11 is 1.39. The van der Waals surface area contributed by atoms with Gasteiger partial charge < -0.3 is 9.64 Å². The van der Waals surface area contributed by atoms with Gasteiger partial charge in [-0.15, -0.1) is 0 Å². The lowest BCUT2D eigenvalue weighted by molar-refractivity contribution is 0.0606. The standard InChI is InChI=1S/C11H16N2O2S/c1-13(7-8-4-3-5-8)11-12-6-9(16-11)10(14)15-2/h6,8H,3-5,7H2,1-2H3. The van der Waals surface area contributed by atoms with Gasteiger partial charge in [-0.2, -0.15) is 0 Å². The van der Waals surface area contributed by atoms with E-state index in [2.05, 4.69) is 14.6 Å². The van der Waals surface area contributed by atoms with Crippen LogP contribution in [-0.2, 0) is 4.74 Å². The van der Waals surface area contributed by atoms with E-state index in [1.807, 2.05) is 7.05 Å². The van der Waals surface area contributed by atoms with Gasteiger partial charge in [0.1, 0.15) is 4.88 Å². The van der Waals surface area contributed by atoms with Crippen molar-refractivity contribution in [3.8, 4) is 0 Å². The van der Waals surface area contributed by atoms with E-state index in [1.54, 1.807) is 6.20 Å². The Bertz CT molecular complexity index is 374. The fourth-order valence-electron chi connectivity index (χ4n) is 1.78. The summed E-state index contributed by atoms with van der Waals surface area (Å²) in [6.07, 6.45) is 5.58. The molecule has 1 heterocycles. The Morgan fingerprint density at radius 1 is 1.69 bits per heavy atom. The monoisotopic (exact) mass is 240 g/mol. The largest absolute Gasteiger partial charge is 0.465 e. The molecule has 1 aromatic rings. The Hall–Kier alpha value is -1.10. The average molecular weight is 240 g/mol. The van der Waals surface area contributed by atoms with Crippen molar-refractivity contribution in [3.05, 3.63) is 11.1 Å². The summed E-state index contributed by atoms with van der Waals surface area (Å²) in [5.41, 5.74) is 0. The molecule has 0 amide bonds. The number of anilines is 1. The van der Waals surface area contributed by atoms with Crippen molar-refractivity contribution in [2.24, 2.45) is 5.92 Å². The van der Waals surface area contributed by atoms with Crippen molar-refractivity contribution in [2.75, 3.05) is 25.6 Å². The number of carbonyl (C=O) groups is 1. The fraction of sp³-hybridized carbons (Fsp3) is 0.636. The van der Waals surface area contributed by atoms with Gasteiger partial charge in [0.15, 0.2) is 5.13 Å². The molecule has 1 fully saturated rings. The van der Waals surface area contributed by atoms with Crippen LogP contribution in [0.1, 0.15) is 28.9 Å². The number of methoxy groups -OCH3 is 1. The maximum atomic E-state index is 11.3. The van der Waals surface area contributed by atoms with Crippen LogP contribution in [0, 0.1) is 5.92 Å². The van der Waals surface area contributed by atoms with E-state index in [-0.39, 0.29) is 5.97 Å². The Kier molecular flexibility index (Phi) is 3.43. The second-order valence-corrected chi connectivity index (χ2v) is 5.19. The molecule has 1 saturated carbocycles. The minimum Gasteiger partial charge on any atom is -0.465 e. The molecular formula is C11H16N2O2S. The lowest BCUT2D eigenvalue weighted by Gasteiger charge is -2.29. The van der Waals surface area contributed by atoms with Gasteiger partial charge in [-0.25, -0.2) is 9.78 Å². The van der Waals surface area contributed by atoms with Gasteiger partial charge in [0.05, 0.1) is 13.3 Å². The normalized spacial score (nSPS) is 15.6. The minimum absolute atomic E-state index is 0.305. The number of ether oxygens (including phenoxy) is 1. The molecule has 16 heavy (non-hydrogen) atoms. The summed E-state index contributed by atoms with van der Waals surface area (Å²) in [6.45, 7) is 1.04. The highest BCUT2D eigenvalue weighted by atomic mass is 32.1. The summed E-state index contributed by atoms with van der Waals surface area (Å²) in [5.74, 6) is 0.497. The van der Waals surface area contributed by atoms with E-state index < -0.39 is 0 Å². The minimum atomic E-state index is -0.305. The zero-order chi connectivity index (χ0) is 11.5. The lowest BCUT2D eigenvalue weighted by atomic mass is 9.85. The van der Waals surface area contributed by atoms with Gasteiger partial charge >= 0.3 is 5.97 Å².